The minimum atomic E-state index is -0.871. The summed E-state index contributed by atoms with van der Waals surface area (Å²) in [5.41, 5.74) is 4.30. The Morgan fingerprint density at radius 2 is 1.62 bits per heavy atom. The second-order valence-electron chi connectivity index (χ2n) is 5.96. The molecule has 0 radical (unpaired) electrons. The molecule has 0 unspecified atom stereocenters. The molecule has 0 heterocycles. The van der Waals surface area contributed by atoms with Gasteiger partial charge in [-0.2, -0.15) is 0 Å². The van der Waals surface area contributed by atoms with E-state index in [1.807, 2.05) is 44.2 Å². The zero-order chi connectivity index (χ0) is 17.7. The van der Waals surface area contributed by atoms with Gasteiger partial charge in [0.25, 0.3) is 5.91 Å². The molecule has 0 aliphatic rings. The fourth-order valence-corrected chi connectivity index (χ4v) is 2.44. The molecule has 0 aliphatic carbocycles. The summed E-state index contributed by atoms with van der Waals surface area (Å²) >= 11 is 0. The molecule has 126 valence electrons. The van der Waals surface area contributed by atoms with E-state index in [4.69, 9.17) is 4.74 Å². The molecule has 4 nitrogen and oxygen atoms in total. The van der Waals surface area contributed by atoms with E-state index in [-0.39, 0.29) is 5.91 Å². The van der Waals surface area contributed by atoms with Crippen LogP contribution in [0, 0.1) is 13.8 Å². The van der Waals surface area contributed by atoms with Gasteiger partial charge in [-0.3, -0.25) is 4.79 Å². The number of benzene rings is 2. The van der Waals surface area contributed by atoms with E-state index < -0.39 is 12.1 Å². The van der Waals surface area contributed by atoms with Crippen LogP contribution in [0.4, 0.5) is 5.69 Å². The van der Waals surface area contributed by atoms with Gasteiger partial charge in [0.05, 0.1) is 5.56 Å². The third kappa shape index (κ3) is 4.69. The van der Waals surface area contributed by atoms with Crippen molar-refractivity contribution in [1.82, 2.24) is 0 Å². The number of rotatable bonds is 5. The van der Waals surface area contributed by atoms with E-state index in [2.05, 4.69) is 12.2 Å². The number of carbonyl (C=O) groups is 2. The number of esters is 1. The normalized spacial score (nSPS) is 11.7. The van der Waals surface area contributed by atoms with E-state index in [0.29, 0.717) is 11.3 Å². The van der Waals surface area contributed by atoms with Crippen molar-refractivity contribution in [2.45, 2.75) is 40.2 Å². The second-order valence-corrected chi connectivity index (χ2v) is 5.96. The first-order valence-corrected chi connectivity index (χ1v) is 8.08. The van der Waals surface area contributed by atoms with Crippen molar-refractivity contribution in [2.24, 2.45) is 0 Å². The van der Waals surface area contributed by atoms with Crippen molar-refractivity contribution in [2.75, 3.05) is 5.32 Å². The topological polar surface area (TPSA) is 55.4 Å². The van der Waals surface area contributed by atoms with Gasteiger partial charge in [-0.1, -0.05) is 36.2 Å². The SMILES string of the molecule is CCc1ccc(NC(=O)[C@H](C)OC(=O)c2cc(C)cc(C)c2)cc1. The van der Waals surface area contributed by atoms with E-state index in [1.54, 1.807) is 19.1 Å². The number of hydrogen-bond acceptors (Lipinski definition) is 3. The predicted molar refractivity (Wildman–Crippen MR) is 95.2 cm³/mol. The maximum absolute atomic E-state index is 12.2. The van der Waals surface area contributed by atoms with Crippen LogP contribution in [0.5, 0.6) is 0 Å². The Labute approximate surface area is 142 Å². The zero-order valence-electron chi connectivity index (χ0n) is 14.6. The lowest BCUT2D eigenvalue weighted by Crippen LogP contribution is -2.30. The monoisotopic (exact) mass is 325 g/mol. The van der Waals surface area contributed by atoms with Gasteiger partial charge in [0.2, 0.25) is 0 Å². The maximum atomic E-state index is 12.2. The Kier molecular flexibility index (Phi) is 5.74. The molecule has 1 amide bonds. The molecular formula is C20H23NO3. The van der Waals surface area contributed by atoms with Crippen LogP contribution in [0.25, 0.3) is 0 Å². The Morgan fingerprint density at radius 3 is 2.17 bits per heavy atom. The average Bonchev–Trinajstić information content (AvgIpc) is 2.54. The smallest absolute Gasteiger partial charge is 0.338 e. The molecule has 0 fully saturated rings. The molecule has 2 aromatic carbocycles. The number of nitrogens with one attached hydrogen (secondary N) is 1. The molecular weight excluding hydrogens is 302 g/mol. The summed E-state index contributed by atoms with van der Waals surface area (Å²) in [6.45, 7) is 7.47. The van der Waals surface area contributed by atoms with Gasteiger partial charge in [-0.05, 0) is 57.0 Å². The van der Waals surface area contributed by atoms with Crippen molar-refractivity contribution in [3.8, 4) is 0 Å². The molecule has 0 saturated carbocycles. The molecule has 0 spiro atoms. The van der Waals surface area contributed by atoms with Crippen molar-refractivity contribution < 1.29 is 14.3 Å². The number of anilines is 1. The van der Waals surface area contributed by atoms with Gasteiger partial charge < -0.3 is 10.1 Å². The van der Waals surface area contributed by atoms with Crippen LogP contribution in [0.3, 0.4) is 0 Å². The molecule has 24 heavy (non-hydrogen) atoms. The van der Waals surface area contributed by atoms with Crippen LogP contribution >= 0.6 is 0 Å². The summed E-state index contributed by atoms with van der Waals surface area (Å²) in [7, 11) is 0. The van der Waals surface area contributed by atoms with Gasteiger partial charge in [0.1, 0.15) is 0 Å². The first-order chi connectivity index (χ1) is 11.4. The third-order valence-corrected chi connectivity index (χ3v) is 3.74. The zero-order valence-corrected chi connectivity index (χ0v) is 14.6. The highest BCUT2D eigenvalue weighted by molar-refractivity contribution is 5.97. The van der Waals surface area contributed by atoms with Gasteiger partial charge in [-0.15, -0.1) is 0 Å². The van der Waals surface area contributed by atoms with Crippen LogP contribution < -0.4 is 5.32 Å². The number of amides is 1. The third-order valence-electron chi connectivity index (χ3n) is 3.74. The second kappa shape index (κ2) is 7.77. The van der Waals surface area contributed by atoms with E-state index in [1.165, 1.54) is 5.56 Å². The molecule has 0 saturated heterocycles. The lowest BCUT2D eigenvalue weighted by Gasteiger charge is -2.14. The maximum Gasteiger partial charge on any atom is 0.338 e. The van der Waals surface area contributed by atoms with Crippen molar-refractivity contribution in [3.05, 3.63) is 64.7 Å². The van der Waals surface area contributed by atoms with Gasteiger partial charge in [0, 0.05) is 5.69 Å². The lowest BCUT2D eigenvalue weighted by molar-refractivity contribution is -0.123. The number of ether oxygens (including phenoxy) is 1. The predicted octanol–water partition coefficient (Wildman–Crippen LogP) is 4.05. The molecule has 0 aliphatic heterocycles. The fourth-order valence-electron chi connectivity index (χ4n) is 2.44. The fraction of sp³-hybridized carbons (Fsp3) is 0.300. The number of carbonyl (C=O) groups excluding carboxylic acids is 2. The summed E-state index contributed by atoms with van der Waals surface area (Å²) in [6.07, 6.45) is 0.0715. The molecule has 1 N–H and O–H groups in total. The molecule has 1 atom stereocenters. The summed E-state index contributed by atoms with van der Waals surface area (Å²) < 4.78 is 5.27. The van der Waals surface area contributed by atoms with Crippen LogP contribution in [0.15, 0.2) is 42.5 Å². The summed E-state index contributed by atoms with van der Waals surface area (Å²) in [6, 6.07) is 13.1. The molecule has 0 bridgehead atoms. The quantitative estimate of drug-likeness (QED) is 0.844. The minimum Gasteiger partial charge on any atom is -0.449 e. The Balaban J connectivity index is 1.98. The average molecular weight is 325 g/mol. The highest BCUT2D eigenvalue weighted by atomic mass is 16.5. The molecule has 2 aromatic rings. The van der Waals surface area contributed by atoms with E-state index in [9.17, 15) is 9.59 Å². The van der Waals surface area contributed by atoms with Crippen molar-refractivity contribution in [3.63, 3.8) is 0 Å². The Bertz CT molecular complexity index is 715. The Hall–Kier alpha value is -2.62. The lowest BCUT2D eigenvalue weighted by atomic mass is 10.1. The Morgan fingerprint density at radius 1 is 1.04 bits per heavy atom. The highest BCUT2D eigenvalue weighted by Gasteiger charge is 2.19. The first kappa shape index (κ1) is 17.7. The standard InChI is InChI=1S/C20H23NO3/c1-5-16-6-8-18(9-7-16)21-19(22)15(4)24-20(23)17-11-13(2)10-14(3)12-17/h6-12,15H,5H2,1-4H3,(H,21,22)/t15-/m0/s1. The van der Waals surface area contributed by atoms with E-state index >= 15 is 0 Å². The minimum absolute atomic E-state index is 0.350. The summed E-state index contributed by atoms with van der Waals surface area (Å²) in [5, 5.41) is 2.76. The largest absolute Gasteiger partial charge is 0.449 e. The first-order valence-electron chi connectivity index (χ1n) is 8.08. The van der Waals surface area contributed by atoms with E-state index in [0.717, 1.165) is 17.5 Å². The summed E-state index contributed by atoms with van der Waals surface area (Å²) in [4.78, 5) is 24.4. The summed E-state index contributed by atoms with van der Waals surface area (Å²) in [5.74, 6) is -0.845. The van der Waals surface area contributed by atoms with Gasteiger partial charge >= 0.3 is 5.97 Å². The van der Waals surface area contributed by atoms with Crippen LogP contribution in [-0.2, 0) is 16.0 Å². The number of aryl methyl sites for hydroxylation is 3. The number of hydrogen-bond donors (Lipinski definition) is 1. The van der Waals surface area contributed by atoms with Crippen LogP contribution in [0.1, 0.15) is 40.9 Å². The van der Waals surface area contributed by atoms with Gasteiger partial charge in [0.15, 0.2) is 6.10 Å². The van der Waals surface area contributed by atoms with Gasteiger partial charge in [-0.25, -0.2) is 4.79 Å². The molecule has 0 aromatic heterocycles. The van der Waals surface area contributed by atoms with Crippen molar-refractivity contribution >= 4 is 17.6 Å². The van der Waals surface area contributed by atoms with Crippen LogP contribution in [0.2, 0.25) is 0 Å². The van der Waals surface area contributed by atoms with Crippen molar-refractivity contribution in [1.29, 1.82) is 0 Å². The highest BCUT2D eigenvalue weighted by Crippen LogP contribution is 2.13. The molecule has 4 heteroatoms. The van der Waals surface area contributed by atoms with Crippen LogP contribution in [-0.4, -0.2) is 18.0 Å². The molecule has 2 rings (SSSR count).